The fourth-order valence-corrected chi connectivity index (χ4v) is 6.27. The standard InChI is InChI=1S/C30H41Cl/c1-2-3-4-23-5-7-24(8-6-23)9-10-25-11-13-26(14-12-25)27-15-17-28(18-16-27)29-19-21-30(31)22-20-29/h15-26H,2-14H2,1H3. The van der Waals surface area contributed by atoms with Crippen molar-refractivity contribution in [2.45, 2.75) is 96.3 Å². The van der Waals surface area contributed by atoms with E-state index in [-0.39, 0.29) is 0 Å². The van der Waals surface area contributed by atoms with Gasteiger partial charge in [0.2, 0.25) is 0 Å². The van der Waals surface area contributed by atoms with Gasteiger partial charge in [-0.1, -0.05) is 113 Å². The number of hydrogen-bond donors (Lipinski definition) is 0. The van der Waals surface area contributed by atoms with Crippen LogP contribution in [0, 0.1) is 17.8 Å². The molecule has 0 aliphatic heterocycles. The molecule has 0 amide bonds. The summed E-state index contributed by atoms with van der Waals surface area (Å²) >= 11 is 6.03. The van der Waals surface area contributed by atoms with E-state index in [1.54, 1.807) is 5.56 Å². The lowest BCUT2D eigenvalue weighted by molar-refractivity contribution is 0.222. The van der Waals surface area contributed by atoms with Crippen LogP contribution >= 0.6 is 11.6 Å². The van der Waals surface area contributed by atoms with Gasteiger partial charge in [0.05, 0.1) is 0 Å². The summed E-state index contributed by atoms with van der Waals surface area (Å²) in [5.74, 6) is 3.85. The minimum absolute atomic E-state index is 0.768. The highest BCUT2D eigenvalue weighted by atomic mass is 35.5. The SMILES string of the molecule is CCCCC1CCC(CCC2CCC(c3ccc(-c4ccc(Cl)cc4)cc3)CC2)CC1. The molecule has 0 aromatic heterocycles. The van der Waals surface area contributed by atoms with Crippen LogP contribution in [0.15, 0.2) is 48.5 Å². The number of hydrogen-bond acceptors (Lipinski definition) is 0. The average molecular weight is 437 g/mol. The quantitative estimate of drug-likeness (QED) is 0.386. The van der Waals surface area contributed by atoms with E-state index in [0.717, 1.165) is 28.7 Å². The number of halogens is 1. The Hall–Kier alpha value is -1.27. The van der Waals surface area contributed by atoms with Crippen LogP contribution in [-0.4, -0.2) is 0 Å². The van der Waals surface area contributed by atoms with E-state index in [0.29, 0.717) is 0 Å². The van der Waals surface area contributed by atoms with Crippen molar-refractivity contribution >= 4 is 11.6 Å². The highest BCUT2D eigenvalue weighted by Crippen LogP contribution is 2.40. The smallest absolute Gasteiger partial charge is 0.0406 e. The molecule has 0 unspecified atom stereocenters. The summed E-state index contributed by atoms with van der Waals surface area (Å²) in [6.07, 6.45) is 19.0. The molecule has 168 valence electrons. The lowest BCUT2D eigenvalue weighted by atomic mass is 9.74. The van der Waals surface area contributed by atoms with Gasteiger partial charge in [0.25, 0.3) is 0 Å². The Morgan fingerprint density at radius 1 is 0.613 bits per heavy atom. The monoisotopic (exact) mass is 436 g/mol. The molecule has 2 aliphatic carbocycles. The van der Waals surface area contributed by atoms with Crippen LogP contribution in [0.2, 0.25) is 5.02 Å². The van der Waals surface area contributed by atoms with Crippen LogP contribution in [0.3, 0.4) is 0 Å². The van der Waals surface area contributed by atoms with Gasteiger partial charge in [-0.3, -0.25) is 0 Å². The Morgan fingerprint density at radius 3 is 1.58 bits per heavy atom. The molecule has 2 aromatic carbocycles. The van der Waals surface area contributed by atoms with Gasteiger partial charge in [0.1, 0.15) is 0 Å². The van der Waals surface area contributed by atoms with Crippen molar-refractivity contribution in [2.24, 2.45) is 17.8 Å². The molecule has 0 heterocycles. The Bertz CT molecular complexity index is 759. The first kappa shape index (κ1) is 22.9. The number of unbranched alkanes of at least 4 members (excludes halogenated alkanes) is 1. The molecular weight excluding hydrogens is 396 g/mol. The summed E-state index contributed by atoms with van der Waals surface area (Å²) in [6, 6.07) is 17.5. The van der Waals surface area contributed by atoms with Gasteiger partial charge in [0, 0.05) is 5.02 Å². The van der Waals surface area contributed by atoms with Crippen molar-refractivity contribution in [2.75, 3.05) is 0 Å². The second-order valence-corrected chi connectivity index (χ2v) is 10.9. The minimum Gasteiger partial charge on any atom is -0.0843 e. The van der Waals surface area contributed by atoms with E-state index in [4.69, 9.17) is 11.6 Å². The molecule has 0 atom stereocenters. The van der Waals surface area contributed by atoms with Gasteiger partial charge < -0.3 is 0 Å². The molecule has 0 N–H and O–H groups in total. The van der Waals surface area contributed by atoms with E-state index in [2.05, 4.69) is 43.3 Å². The Labute approximate surface area is 195 Å². The lowest BCUT2D eigenvalue weighted by Gasteiger charge is -2.32. The Kier molecular flexibility index (Phi) is 8.54. The zero-order valence-electron chi connectivity index (χ0n) is 19.5. The first-order valence-corrected chi connectivity index (χ1v) is 13.4. The Balaban J connectivity index is 1.18. The molecular formula is C30H41Cl. The van der Waals surface area contributed by atoms with Gasteiger partial charge in [-0.2, -0.15) is 0 Å². The largest absolute Gasteiger partial charge is 0.0843 e. The third kappa shape index (κ3) is 6.61. The van der Waals surface area contributed by atoms with E-state index in [1.165, 1.54) is 94.6 Å². The van der Waals surface area contributed by atoms with Gasteiger partial charge in [-0.15, -0.1) is 0 Å². The second kappa shape index (κ2) is 11.6. The van der Waals surface area contributed by atoms with Crippen LogP contribution in [-0.2, 0) is 0 Å². The number of benzene rings is 2. The molecule has 2 fully saturated rings. The first-order chi connectivity index (χ1) is 15.2. The van der Waals surface area contributed by atoms with Crippen molar-refractivity contribution in [1.29, 1.82) is 0 Å². The molecule has 4 rings (SSSR count). The summed E-state index contributed by atoms with van der Waals surface area (Å²) in [5.41, 5.74) is 4.08. The van der Waals surface area contributed by atoms with Gasteiger partial charge in [0.15, 0.2) is 0 Å². The molecule has 2 aromatic rings. The normalized spacial score (nSPS) is 26.6. The van der Waals surface area contributed by atoms with E-state index in [1.807, 2.05) is 12.1 Å². The third-order valence-corrected chi connectivity index (χ3v) is 8.57. The molecule has 31 heavy (non-hydrogen) atoms. The molecule has 0 spiro atoms. The summed E-state index contributed by atoms with van der Waals surface area (Å²) in [5, 5.41) is 0.803. The maximum absolute atomic E-state index is 6.03. The van der Waals surface area contributed by atoms with Crippen LogP contribution < -0.4 is 0 Å². The Morgan fingerprint density at radius 2 is 1.06 bits per heavy atom. The molecule has 0 radical (unpaired) electrons. The molecule has 2 aliphatic rings. The van der Waals surface area contributed by atoms with Gasteiger partial charge in [-0.05, 0) is 78.2 Å². The maximum Gasteiger partial charge on any atom is 0.0406 e. The first-order valence-electron chi connectivity index (χ1n) is 13.1. The topological polar surface area (TPSA) is 0 Å². The lowest BCUT2D eigenvalue weighted by Crippen LogP contribution is -2.17. The van der Waals surface area contributed by atoms with Crippen LogP contribution in [0.4, 0.5) is 0 Å². The summed E-state index contributed by atoms with van der Waals surface area (Å²) < 4.78 is 0. The van der Waals surface area contributed by atoms with E-state index >= 15 is 0 Å². The fourth-order valence-electron chi connectivity index (χ4n) is 6.15. The predicted octanol–water partition coefficient (Wildman–Crippen LogP) is 10.1. The molecule has 0 nitrogen and oxygen atoms in total. The minimum atomic E-state index is 0.768. The second-order valence-electron chi connectivity index (χ2n) is 10.5. The van der Waals surface area contributed by atoms with Gasteiger partial charge >= 0.3 is 0 Å². The summed E-state index contributed by atoms with van der Waals surface area (Å²) in [6.45, 7) is 2.33. The molecule has 0 saturated heterocycles. The van der Waals surface area contributed by atoms with Crippen molar-refractivity contribution < 1.29 is 0 Å². The summed E-state index contributed by atoms with van der Waals surface area (Å²) in [7, 11) is 0. The predicted molar refractivity (Wildman–Crippen MR) is 136 cm³/mol. The third-order valence-electron chi connectivity index (χ3n) is 8.32. The highest BCUT2D eigenvalue weighted by Gasteiger charge is 2.25. The number of rotatable bonds is 8. The van der Waals surface area contributed by atoms with Crippen molar-refractivity contribution in [3.63, 3.8) is 0 Å². The van der Waals surface area contributed by atoms with Crippen molar-refractivity contribution in [3.8, 4) is 11.1 Å². The highest BCUT2D eigenvalue weighted by molar-refractivity contribution is 6.30. The average Bonchev–Trinajstić information content (AvgIpc) is 2.83. The fraction of sp³-hybridized carbons (Fsp3) is 0.600. The van der Waals surface area contributed by atoms with E-state index < -0.39 is 0 Å². The zero-order valence-corrected chi connectivity index (χ0v) is 20.3. The van der Waals surface area contributed by atoms with Crippen LogP contribution in [0.1, 0.15) is 102 Å². The van der Waals surface area contributed by atoms with Crippen LogP contribution in [0.25, 0.3) is 11.1 Å². The van der Waals surface area contributed by atoms with Crippen LogP contribution in [0.5, 0.6) is 0 Å². The molecule has 2 saturated carbocycles. The molecule has 1 heteroatoms. The summed E-state index contributed by atoms with van der Waals surface area (Å²) in [4.78, 5) is 0. The maximum atomic E-state index is 6.03. The van der Waals surface area contributed by atoms with Crippen molar-refractivity contribution in [1.82, 2.24) is 0 Å². The van der Waals surface area contributed by atoms with Crippen molar-refractivity contribution in [3.05, 3.63) is 59.1 Å². The van der Waals surface area contributed by atoms with E-state index in [9.17, 15) is 0 Å². The molecule has 0 bridgehead atoms. The van der Waals surface area contributed by atoms with Gasteiger partial charge in [-0.25, -0.2) is 0 Å². The zero-order chi connectivity index (χ0) is 21.5.